The van der Waals surface area contributed by atoms with E-state index in [2.05, 4.69) is 5.10 Å². The minimum atomic E-state index is -1.09. The fourth-order valence-electron chi connectivity index (χ4n) is 2.08. The lowest BCUT2D eigenvalue weighted by Gasteiger charge is -2.05. The Balaban J connectivity index is 2.27. The predicted molar refractivity (Wildman–Crippen MR) is 71.7 cm³/mol. The van der Waals surface area contributed by atoms with E-state index in [9.17, 15) is 13.6 Å². The second kappa shape index (κ2) is 5.94. The van der Waals surface area contributed by atoms with Gasteiger partial charge in [-0.25, -0.2) is 8.78 Å². The number of carbonyl (C=O) groups is 1. The van der Waals surface area contributed by atoms with Crippen molar-refractivity contribution in [3.63, 3.8) is 0 Å². The zero-order chi connectivity index (χ0) is 14.7. The summed E-state index contributed by atoms with van der Waals surface area (Å²) in [6.45, 7) is 4.53. The minimum Gasteiger partial charge on any atom is -0.294 e. The topological polar surface area (TPSA) is 34.9 Å². The molecule has 2 aromatic rings. The van der Waals surface area contributed by atoms with Gasteiger partial charge in [-0.3, -0.25) is 9.48 Å². The van der Waals surface area contributed by atoms with Crippen molar-refractivity contribution >= 4 is 5.78 Å². The fraction of sp³-hybridized carbons (Fsp3) is 0.333. The third-order valence-corrected chi connectivity index (χ3v) is 3.17. The van der Waals surface area contributed by atoms with Gasteiger partial charge >= 0.3 is 0 Å². The Labute approximate surface area is 116 Å². The number of ketones is 1. The molecule has 0 spiro atoms. The summed E-state index contributed by atoms with van der Waals surface area (Å²) in [5.41, 5.74) is 1.39. The predicted octanol–water partition coefficient (Wildman–Crippen LogP) is 3.17. The van der Waals surface area contributed by atoms with E-state index in [1.807, 2.05) is 19.9 Å². The molecule has 106 valence electrons. The maximum Gasteiger partial charge on any atom is 0.171 e. The monoisotopic (exact) mass is 278 g/mol. The molecule has 5 heteroatoms. The van der Waals surface area contributed by atoms with Crippen molar-refractivity contribution < 1.29 is 13.6 Å². The van der Waals surface area contributed by atoms with Gasteiger partial charge in [-0.05, 0) is 31.5 Å². The highest BCUT2D eigenvalue weighted by Crippen LogP contribution is 2.15. The van der Waals surface area contributed by atoms with E-state index in [4.69, 9.17) is 0 Å². The van der Waals surface area contributed by atoms with E-state index in [0.717, 1.165) is 23.9 Å². The van der Waals surface area contributed by atoms with Crippen LogP contribution in [0.25, 0.3) is 0 Å². The number of rotatable bonds is 5. The highest BCUT2D eigenvalue weighted by atomic mass is 19.2. The molecular formula is C15H16F2N2O. The Kier molecular flexibility index (Phi) is 4.27. The van der Waals surface area contributed by atoms with Crippen LogP contribution in [-0.2, 0) is 19.4 Å². The molecule has 1 aromatic carbocycles. The van der Waals surface area contributed by atoms with Gasteiger partial charge in [0.05, 0.1) is 17.7 Å². The SMILES string of the molecule is CCc1cc(CC(=O)c2cccc(F)c2F)n(CC)n1. The van der Waals surface area contributed by atoms with Gasteiger partial charge < -0.3 is 0 Å². The fourth-order valence-corrected chi connectivity index (χ4v) is 2.08. The number of nitrogens with zero attached hydrogens (tertiary/aromatic N) is 2. The van der Waals surface area contributed by atoms with E-state index in [1.165, 1.54) is 12.1 Å². The van der Waals surface area contributed by atoms with Gasteiger partial charge in [0.15, 0.2) is 17.4 Å². The van der Waals surface area contributed by atoms with E-state index >= 15 is 0 Å². The summed E-state index contributed by atoms with van der Waals surface area (Å²) in [6.07, 6.45) is 0.781. The Morgan fingerprint density at radius 2 is 2.05 bits per heavy atom. The van der Waals surface area contributed by atoms with Crippen LogP contribution < -0.4 is 0 Å². The van der Waals surface area contributed by atoms with E-state index in [0.29, 0.717) is 6.54 Å². The van der Waals surface area contributed by atoms with Crippen molar-refractivity contribution in [2.45, 2.75) is 33.2 Å². The van der Waals surface area contributed by atoms with Crippen molar-refractivity contribution in [2.24, 2.45) is 0 Å². The molecule has 0 N–H and O–H groups in total. The summed E-state index contributed by atoms with van der Waals surface area (Å²) in [6, 6.07) is 5.46. The third-order valence-electron chi connectivity index (χ3n) is 3.17. The Morgan fingerprint density at radius 1 is 1.30 bits per heavy atom. The van der Waals surface area contributed by atoms with Gasteiger partial charge in [-0.15, -0.1) is 0 Å². The number of aryl methyl sites for hydroxylation is 2. The first-order valence-electron chi connectivity index (χ1n) is 6.59. The van der Waals surface area contributed by atoms with E-state index < -0.39 is 17.4 Å². The molecular weight excluding hydrogens is 262 g/mol. The molecule has 1 aromatic heterocycles. The number of hydrogen-bond donors (Lipinski definition) is 0. The first kappa shape index (κ1) is 14.4. The Morgan fingerprint density at radius 3 is 2.70 bits per heavy atom. The quantitative estimate of drug-likeness (QED) is 0.787. The molecule has 0 saturated heterocycles. The Hall–Kier alpha value is -2.04. The number of hydrogen-bond acceptors (Lipinski definition) is 2. The van der Waals surface area contributed by atoms with Gasteiger partial charge in [0.25, 0.3) is 0 Å². The molecule has 0 unspecified atom stereocenters. The van der Waals surface area contributed by atoms with Crippen LogP contribution in [-0.4, -0.2) is 15.6 Å². The normalized spacial score (nSPS) is 10.8. The Bertz CT molecular complexity index is 635. The van der Waals surface area contributed by atoms with Crippen LogP contribution in [0.4, 0.5) is 8.78 Å². The summed E-state index contributed by atoms with van der Waals surface area (Å²) in [4.78, 5) is 12.1. The van der Waals surface area contributed by atoms with Crippen LogP contribution in [0.5, 0.6) is 0 Å². The molecule has 0 atom stereocenters. The molecule has 0 aliphatic carbocycles. The van der Waals surface area contributed by atoms with Crippen LogP contribution >= 0.6 is 0 Å². The smallest absolute Gasteiger partial charge is 0.171 e. The van der Waals surface area contributed by atoms with E-state index in [-0.39, 0.29) is 12.0 Å². The van der Waals surface area contributed by atoms with Crippen LogP contribution in [0.15, 0.2) is 24.3 Å². The first-order chi connectivity index (χ1) is 9.56. The lowest BCUT2D eigenvalue weighted by Crippen LogP contribution is -2.11. The average Bonchev–Trinajstić information content (AvgIpc) is 2.84. The maximum absolute atomic E-state index is 13.6. The van der Waals surface area contributed by atoms with Crippen molar-refractivity contribution in [1.82, 2.24) is 9.78 Å². The zero-order valence-corrected chi connectivity index (χ0v) is 11.5. The molecule has 2 rings (SSSR count). The standard InChI is InChI=1S/C15H16F2N2O/c1-3-10-8-11(19(4-2)18-10)9-14(20)12-6-5-7-13(16)15(12)17/h5-8H,3-4,9H2,1-2H3. The maximum atomic E-state index is 13.6. The van der Waals surface area contributed by atoms with Crippen molar-refractivity contribution in [3.05, 3.63) is 52.9 Å². The molecule has 0 aliphatic rings. The number of Topliss-reactive ketones (excluding diaryl/α,β-unsaturated/α-hetero) is 1. The van der Waals surface area contributed by atoms with Crippen LogP contribution in [0, 0.1) is 11.6 Å². The van der Waals surface area contributed by atoms with Gasteiger partial charge in [-0.1, -0.05) is 13.0 Å². The summed E-state index contributed by atoms with van der Waals surface area (Å²) in [5, 5.41) is 4.33. The van der Waals surface area contributed by atoms with Crippen molar-refractivity contribution in [1.29, 1.82) is 0 Å². The molecule has 0 fully saturated rings. The highest BCUT2D eigenvalue weighted by molar-refractivity contribution is 5.97. The molecule has 0 aliphatic heterocycles. The molecule has 3 nitrogen and oxygen atoms in total. The van der Waals surface area contributed by atoms with Gasteiger partial charge in [-0.2, -0.15) is 5.10 Å². The summed E-state index contributed by atoms with van der Waals surface area (Å²) in [5.74, 6) is -2.54. The third kappa shape index (κ3) is 2.76. The van der Waals surface area contributed by atoms with Crippen molar-refractivity contribution in [2.75, 3.05) is 0 Å². The highest BCUT2D eigenvalue weighted by Gasteiger charge is 2.17. The van der Waals surface area contributed by atoms with Crippen LogP contribution in [0.3, 0.4) is 0 Å². The molecule has 0 bridgehead atoms. The largest absolute Gasteiger partial charge is 0.294 e. The lowest BCUT2D eigenvalue weighted by molar-refractivity contribution is 0.0985. The minimum absolute atomic E-state index is 0.0151. The van der Waals surface area contributed by atoms with E-state index in [1.54, 1.807) is 4.68 Å². The summed E-state index contributed by atoms with van der Waals surface area (Å²) in [7, 11) is 0. The van der Waals surface area contributed by atoms with Gasteiger partial charge in [0.2, 0.25) is 0 Å². The number of benzene rings is 1. The molecule has 1 heterocycles. The number of halogens is 2. The second-order valence-corrected chi connectivity index (χ2v) is 4.50. The number of aromatic nitrogens is 2. The summed E-state index contributed by atoms with van der Waals surface area (Å²) >= 11 is 0. The van der Waals surface area contributed by atoms with Gasteiger partial charge in [0, 0.05) is 12.2 Å². The summed E-state index contributed by atoms with van der Waals surface area (Å²) < 4.78 is 28.4. The van der Waals surface area contributed by atoms with Crippen LogP contribution in [0.1, 0.15) is 35.6 Å². The lowest BCUT2D eigenvalue weighted by atomic mass is 10.1. The average molecular weight is 278 g/mol. The first-order valence-corrected chi connectivity index (χ1v) is 6.59. The second-order valence-electron chi connectivity index (χ2n) is 4.50. The van der Waals surface area contributed by atoms with Crippen molar-refractivity contribution in [3.8, 4) is 0 Å². The molecule has 0 amide bonds. The zero-order valence-electron chi connectivity index (χ0n) is 11.5. The molecule has 20 heavy (non-hydrogen) atoms. The van der Waals surface area contributed by atoms with Gasteiger partial charge in [0.1, 0.15) is 0 Å². The number of carbonyl (C=O) groups excluding carboxylic acids is 1. The van der Waals surface area contributed by atoms with Crippen LogP contribution in [0.2, 0.25) is 0 Å². The molecule has 0 saturated carbocycles. The molecule has 0 radical (unpaired) electrons.